The van der Waals surface area contributed by atoms with Gasteiger partial charge in [-0.05, 0) is 26.0 Å². The van der Waals surface area contributed by atoms with Gasteiger partial charge in [0.15, 0.2) is 5.82 Å². The van der Waals surface area contributed by atoms with Gasteiger partial charge in [0.05, 0.1) is 11.8 Å². The van der Waals surface area contributed by atoms with Gasteiger partial charge >= 0.3 is 0 Å². The van der Waals surface area contributed by atoms with Crippen molar-refractivity contribution in [3.8, 4) is 11.6 Å². The molecule has 0 saturated heterocycles. The molecule has 6 heteroatoms. The molecule has 20 heavy (non-hydrogen) atoms. The normalized spacial score (nSPS) is 10.7. The second-order valence-corrected chi connectivity index (χ2v) is 4.90. The molecule has 0 atom stereocenters. The van der Waals surface area contributed by atoms with E-state index < -0.39 is 0 Å². The van der Waals surface area contributed by atoms with Crippen LogP contribution in [0.3, 0.4) is 0 Å². The zero-order valence-corrected chi connectivity index (χ0v) is 12.1. The summed E-state index contributed by atoms with van der Waals surface area (Å²) in [5, 5.41) is 0. The van der Waals surface area contributed by atoms with E-state index in [4.69, 9.17) is 10.6 Å². The van der Waals surface area contributed by atoms with Crippen LogP contribution >= 0.6 is 0 Å². The number of nitrogens with two attached hydrogens (primary N) is 1. The van der Waals surface area contributed by atoms with Crippen molar-refractivity contribution in [1.29, 1.82) is 0 Å². The Morgan fingerprint density at radius 1 is 1.20 bits per heavy atom. The Balaban J connectivity index is 2.39. The van der Waals surface area contributed by atoms with E-state index in [0.717, 1.165) is 11.3 Å². The number of aromatic nitrogens is 3. The number of nitrogens with zero attached hydrogens (tertiary/aromatic N) is 3. The minimum absolute atomic E-state index is 0.182. The van der Waals surface area contributed by atoms with Crippen molar-refractivity contribution < 1.29 is 4.74 Å². The molecule has 0 unspecified atom stereocenters. The number of pyridine rings is 1. The summed E-state index contributed by atoms with van der Waals surface area (Å²) in [6.45, 7) is 7.81. The molecule has 0 saturated carbocycles. The standard InChI is InChI=1S/C14H19N5O/c1-8(2)12-17-13(19-15)10(4)14(18-12)20-11-6-5-9(3)16-7-11/h5-8H,15H2,1-4H3,(H,17,18,19). The predicted octanol–water partition coefficient (Wildman–Crippen LogP) is 2.69. The van der Waals surface area contributed by atoms with Crippen molar-refractivity contribution in [2.45, 2.75) is 33.6 Å². The Bertz CT molecular complexity index is 595. The van der Waals surface area contributed by atoms with Crippen molar-refractivity contribution in [2.75, 3.05) is 5.43 Å². The molecule has 0 fully saturated rings. The third kappa shape index (κ3) is 3.03. The summed E-state index contributed by atoms with van der Waals surface area (Å²) < 4.78 is 5.79. The van der Waals surface area contributed by atoms with Crippen LogP contribution in [-0.4, -0.2) is 15.0 Å². The van der Waals surface area contributed by atoms with Gasteiger partial charge in [-0.3, -0.25) is 4.98 Å². The average Bonchev–Trinajstić information content (AvgIpc) is 2.43. The van der Waals surface area contributed by atoms with Gasteiger partial charge in [-0.1, -0.05) is 13.8 Å². The molecule has 0 radical (unpaired) electrons. The fourth-order valence-corrected chi connectivity index (χ4v) is 1.64. The Morgan fingerprint density at radius 3 is 2.50 bits per heavy atom. The Morgan fingerprint density at radius 2 is 1.95 bits per heavy atom. The smallest absolute Gasteiger partial charge is 0.227 e. The highest BCUT2D eigenvalue weighted by Crippen LogP contribution is 2.28. The van der Waals surface area contributed by atoms with Crippen LogP contribution in [0.1, 0.15) is 36.8 Å². The molecule has 6 nitrogen and oxygen atoms in total. The van der Waals surface area contributed by atoms with Crippen molar-refractivity contribution >= 4 is 5.82 Å². The molecule has 2 rings (SSSR count). The van der Waals surface area contributed by atoms with Gasteiger partial charge < -0.3 is 10.2 Å². The zero-order valence-electron chi connectivity index (χ0n) is 12.1. The molecule has 0 amide bonds. The molecule has 0 aliphatic rings. The lowest BCUT2D eigenvalue weighted by atomic mass is 10.2. The van der Waals surface area contributed by atoms with E-state index >= 15 is 0 Å². The van der Waals surface area contributed by atoms with Crippen molar-refractivity contribution in [3.05, 3.63) is 35.4 Å². The largest absolute Gasteiger partial charge is 0.437 e. The van der Waals surface area contributed by atoms with Crippen LogP contribution in [-0.2, 0) is 0 Å². The number of aryl methyl sites for hydroxylation is 1. The first-order valence-electron chi connectivity index (χ1n) is 6.47. The molecule has 106 valence electrons. The third-order valence-electron chi connectivity index (χ3n) is 2.87. The fourth-order valence-electron chi connectivity index (χ4n) is 1.64. The Hall–Kier alpha value is -2.21. The second kappa shape index (κ2) is 5.83. The van der Waals surface area contributed by atoms with E-state index in [-0.39, 0.29) is 5.92 Å². The van der Waals surface area contributed by atoms with Crippen LogP contribution in [0.25, 0.3) is 0 Å². The number of nitrogen functional groups attached to an aromatic ring is 1. The third-order valence-corrected chi connectivity index (χ3v) is 2.87. The lowest BCUT2D eigenvalue weighted by molar-refractivity contribution is 0.451. The first kappa shape index (κ1) is 14.2. The van der Waals surface area contributed by atoms with E-state index in [9.17, 15) is 0 Å². The van der Waals surface area contributed by atoms with Crippen LogP contribution in [0, 0.1) is 13.8 Å². The number of anilines is 1. The van der Waals surface area contributed by atoms with E-state index in [1.54, 1.807) is 6.20 Å². The number of nitrogens with one attached hydrogen (secondary N) is 1. The Labute approximate surface area is 118 Å². The van der Waals surface area contributed by atoms with Crippen LogP contribution in [0.2, 0.25) is 0 Å². The lowest BCUT2D eigenvalue weighted by Gasteiger charge is -2.14. The summed E-state index contributed by atoms with van der Waals surface area (Å²) in [5.74, 6) is 8.05. The highest BCUT2D eigenvalue weighted by molar-refractivity contribution is 5.48. The van der Waals surface area contributed by atoms with Crippen LogP contribution < -0.4 is 16.0 Å². The Kier molecular flexibility index (Phi) is 4.14. The lowest BCUT2D eigenvalue weighted by Crippen LogP contribution is -2.13. The van der Waals surface area contributed by atoms with Gasteiger partial charge in [0.1, 0.15) is 11.6 Å². The number of rotatable bonds is 4. The quantitative estimate of drug-likeness (QED) is 0.658. The minimum atomic E-state index is 0.182. The molecule has 0 spiro atoms. The van der Waals surface area contributed by atoms with Gasteiger partial charge in [0.25, 0.3) is 0 Å². The highest BCUT2D eigenvalue weighted by Gasteiger charge is 2.14. The molecular weight excluding hydrogens is 254 g/mol. The maximum Gasteiger partial charge on any atom is 0.227 e. The van der Waals surface area contributed by atoms with E-state index in [2.05, 4.69) is 20.4 Å². The molecule has 0 bridgehead atoms. The predicted molar refractivity (Wildman–Crippen MR) is 77.7 cm³/mol. The summed E-state index contributed by atoms with van der Waals surface area (Å²) in [7, 11) is 0. The van der Waals surface area contributed by atoms with Crippen LogP contribution in [0.5, 0.6) is 11.6 Å². The van der Waals surface area contributed by atoms with Gasteiger partial charge in [-0.15, -0.1) is 0 Å². The van der Waals surface area contributed by atoms with E-state index in [0.29, 0.717) is 23.3 Å². The summed E-state index contributed by atoms with van der Waals surface area (Å²) >= 11 is 0. The van der Waals surface area contributed by atoms with Gasteiger partial charge in [-0.2, -0.15) is 4.98 Å². The number of hydrogen-bond donors (Lipinski definition) is 2. The zero-order chi connectivity index (χ0) is 14.7. The number of hydrogen-bond acceptors (Lipinski definition) is 6. The average molecular weight is 273 g/mol. The van der Waals surface area contributed by atoms with Crippen molar-refractivity contribution in [1.82, 2.24) is 15.0 Å². The van der Waals surface area contributed by atoms with Crippen molar-refractivity contribution in [3.63, 3.8) is 0 Å². The SMILES string of the molecule is Cc1ccc(Oc2nc(C(C)C)nc(NN)c2C)cn1. The molecule has 3 N–H and O–H groups in total. The molecule has 2 heterocycles. The first-order chi connectivity index (χ1) is 9.51. The first-order valence-corrected chi connectivity index (χ1v) is 6.47. The summed E-state index contributed by atoms with van der Waals surface area (Å²) in [5.41, 5.74) is 4.27. The molecule has 2 aromatic heterocycles. The molecular formula is C14H19N5O. The molecule has 0 aromatic carbocycles. The maximum absolute atomic E-state index is 5.79. The van der Waals surface area contributed by atoms with E-state index in [1.165, 1.54) is 0 Å². The minimum Gasteiger partial charge on any atom is -0.437 e. The van der Waals surface area contributed by atoms with Crippen LogP contribution in [0.4, 0.5) is 5.82 Å². The maximum atomic E-state index is 5.79. The monoisotopic (exact) mass is 273 g/mol. The summed E-state index contributed by atoms with van der Waals surface area (Å²) in [4.78, 5) is 13.0. The summed E-state index contributed by atoms with van der Waals surface area (Å²) in [6.07, 6.45) is 1.67. The fraction of sp³-hybridized carbons (Fsp3) is 0.357. The topological polar surface area (TPSA) is 86.0 Å². The summed E-state index contributed by atoms with van der Waals surface area (Å²) in [6, 6.07) is 3.74. The number of hydrazine groups is 1. The van der Waals surface area contributed by atoms with Gasteiger partial charge in [0, 0.05) is 11.6 Å². The highest BCUT2D eigenvalue weighted by atomic mass is 16.5. The van der Waals surface area contributed by atoms with Gasteiger partial charge in [0.2, 0.25) is 5.88 Å². The molecule has 0 aliphatic heterocycles. The van der Waals surface area contributed by atoms with Crippen molar-refractivity contribution in [2.24, 2.45) is 5.84 Å². The van der Waals surface area contributed by atoms with E-state index in [1.807, 2.05) is 39.8 Å². The molecule has 0 aliphatic carbocycles. The second-order valence-electron chi connectivity index (χ2n) is 4.90. The number of ether oxygens (including phenoxy) is 1. The molecule has 2 aromatic rings. The van der Waals surface area contributed by atoms with Crippen LogP contribution in [0.15, 0.2) is 18.3 Å². The van der Waals surface area contributed by atoms with Gasteiger partial charge in [-0.25, -0.2) is 10.8 Å².